The molecule has 0 heterocycles. The van der Waals surface area contributed by atoms with E-state index in [0.717, 1.165) is 0 Å². The number of benzene rings is 3. The summed E-state index contributed by atoms with van der Waals surface area (Å²) < 4.78 is 3.91. The lowest BCUT2D eigenvalue weighted by atomic mass is 9.97. The van der Waals surface area contributed by atoms with E-state index < -0.39 is 0 Å². The number of aryl methyl sites for hydroxylation is 2. The molecular weight excluding hydrogens is 621 g/mol. The average Bonchev–Trinajstić information content (AvgIpc) is 2.50. The fourth-order valence-electron chi connectivity index (χ4n) is 2.66. The summed E-state index contributed by atoms with van der Waals surface area (Å²) in [7, 11) is 0. The maximum atomic E-state index is 2.46. The van der Waals surface area contributed by atoms with Gasteiger partial charge in [0, 0.05) is 10.7 Å². The van der Waals surface area contributed by atoms with E-state index in [1.54, 1.807) is 0 Å². The number of rotatable bonds is 2. The van der Waals surface area contributed by atoms with E-state index in [1.165, 1.54) is 44.1 Å². The quantitative estimate of drug-likeness (QED) is 0.257. The van der Waals surface area contributed by atoms with E-state index in [4.69, 9.17) is 0 Å². The summed E-state index contributed by atoms with van der Waals surface area (Å²) in [5.74, 6) is 0. The standard InChI is InChI=1S/C20H15I3/c1-12-6-7-14(10-18(12)22)16-9-8-15(11-19(16)23)20-13(2)4-3-5-17(20)21/h3-11H,1-2H3. The first-order valence-corrected chi connectivity index (χ1v) is 10.5. The van der Waals surface area contributed by atoms with Crippen LogP contribution in [0.15, 0.2) is 54.6 Å². The molecule has 116 valence electrons. The van der Waals surface area contributed by atoms with Gasteiger partial charge in [0.2, 0.25) is 0 Å². The molecule has 23 heavy (non-hydrogen) atoms. The highest BCUT2D eigenvalue weighted by Crippen LogP contribution is 2.34. The fraction of sp³-hybridized carbons (Fsp3) is 0.100. The smallest absolute Gasteiger partial charge is 0.0214 e. The Bertz CT molecular complexity index is 862. The molecule has 3 aromatic rings. The van der Waals surface area contributed by atoms with Crippen LogP contribution in [0.1, 0.15) is 11.1 Å². The van der Waals surface area contributed by atoms with Crippen molar-refractivity contribution in [3.05, 3.63) is 76.4 Å². The van der Waals surface area contributed by atoms with Crippen LogP contribution in [0.2, 0.25) is 0 Å². The average molecular weight is 636 g/mol. The van der Waals surface area contributed by atoms with Crippen molar-refractivity contribution < 1.29 is 0 Å². The van der Waals surface area contributed by atoms with Crippen LogP contribution in [0.25, 0.3) is 22.3 Å². The molecule has 0 N–H and O–H groups in total. The molecule has 0 fully saturated rings. The van der Waals surface area contributed by atoms with Crippen molar-refractivity contribution in [2.45, 2.75) is 13.8 Å². The third kappa shape index (κ3) is 3.76. The number of hydrogen-bond acceptors (Lipinski definition) is 0. The predicted octanol–water partition coefficient (Wildman–Crippen LogP) is 7.45. The van der Waals surface area contributed by atoms with Gasteiger partial charge in [-0.25, -0.2) is 0 Å². The molecule has 0 nitrogen and oxygen atoms in total. The van der Waals surface area contributed by atoms with Crippen molar-refractivity contribution in [2.75, 3.05) is 0 Å². The van der Waals surface area contributed by atoms with Crippen molar-refractivity contribution in [2.24, 2.45) is 0 Å². The third-order valence-electron chi connectivity index (χ3n) is 3.96. The summed E-state index contributed by atoms with van der Waals surface area (Å²) in [6.07, 6.45) is 0. The van der Waals surface area contributed by atoms with Crippen molar-refractivity contribution >= 4 is 67.8 Å². The largest absolute Gasteiger partial charge is 0.0609 e. The molecule has 0 aliphatic rings. The van der Waals surface area contributed by atoms with Gasteiger partial charge in [-0.2, -0.15) is 0 Å². The predicted molar refractivity (Wildman–Crippen MR) is 125 cm³/mol. The van der Waals surface area contributed by atoms with Crippen LogP contribution < -0.4 is 0 Å². The van der Waals surface area contributed by atoms with Gasteiger partial charge in [0.05, 0.1) is 0 Å². The van der Waals surface area contributed by atoms with Crippen molar-refractivity contribution in [1.82, 2.24) is 0 Å². The first kappa shape index (κ1) is 17.7. The summed E-state index contributed by atoms with van der Waals surface area (Å²) in [4.78, 5) is 0. The zero-order chi connectivity index (χ0) is 16.6. The second-order valence-electron chi connectivity index (χ2n) is 5.59. The minimum Gasteiger partial charge on any atom is -0.0609 e. The lowest BCUT2D eigenvalue weighted by molar-refractivity contribution is 1.41. The molecule has 0 bridgehead atoms. The summed E-state index contributed by atoms with van der Waals surface area (Å²) >= 11 is 7.29. The van der Waals surface area contributed by atoms with E-state index in [-0.39, 0.29) is 0 Å². The molecule has 0 aromatic heterocycles. The lowest BCUT2D eigenvalue weighted by Crippen LogP contribution is -1.91. The molecule has 0 atom stereocenters. The summed E-state index contributed by atoms with van der Waals surface area (Å²) in [5, 5.41) is 0. The van der Waals surface area contributed by atoms with Crippen LogP contribution in [-0.2, 0) is 0 Å². The Morgan fingerprint density at radius 2 is 1.30 bits per heavy atom. The van der Waals surface area contributed by atoms with E-state index in [9.17, 15) is 0 Å². The highest BCUT2D eigenvalue weighted by atomic mass is 127. The normalized spacial score (nSPS) is 10.8. The molecule has 0 saturated heterocycles. The monoisotopic (exact) mass is 636 g/mol. The zero-order valence-corrected chi connectivity index (χ0v) is 19.3. The molecular formula is C20H15I3. The van der Waals surface area contributed by atoms with E-state index in [0.29, 0.717) is 0 Å². The van der Waals surface area contributed by atoms with Gasteiger partial charge in [-0.3, -0.25) is 0 Å². The molecule has 3 aromatic carbocycles. The van der Waals surface area contributed by atoms with Gasteiger partial charge in [-0.05, 0) is 133 Å². The van der Waals surface area contributed by atoms with Crippen LogP contribution in [0, 0.1) is 24.6 Å². The SMILES string of the molecule is Cc1ccc(-c2ccc(-c3c(C)cccc3I)cc2I)cc1I. The van der Waals surface area contributed by atoms with Gasteiger partial charge in [0.25, 0.3) is 0 Å². The van der Waals surface area contributed by atoms with Gasteiger partial charge >= 0.3 is 0 Å². The molecule has 0 aliphatic heterocycles. The Morgan fingerprint density at radius 3 is 1.96 bits per heavy atom. The van der Waals surface area contributed by atoms with Crippen LogP contribution in [0.4, 0.5) is 0 Å². The Morgan fingerprint density at radius 1 is 0.609 bits per heavy atom. The third-order valence-corrected chi connectivity index (χ3v) is 6.92. The molecule has 3 rings (SSSR count). The first-order valence-electron chi connectivity index (χ1n) is 7.29. The van der Waals surface area contributed by atoms with Crippen LogP contribution in [-0.4, -0.2) is 0 Å². The van der Waals surface area contributed by atoms with Gasteiger partial charge in [0.1, 0.15) is 0 Å². The second-order valence-corrected chi connectivity index (χ2v) is 9.08. The minimum atomic E-state index is 1.29. The van der Waals surface area contributed by atoms with E-state index in [2.05, 4.69) is 136 Å². The molecule has 0 unspecified atom stereocenters. The summed E-state index contributed by atoms with van der Waals surface area (Å²) in [6, 6.07) is 19.9. The van der Waals surface area contributed by atoms with Crippen molar-refractivity contribution in [3.8, 4) is 22.3 Å². The van der Waals surface area contributed by atoms with Gasteiger partial charge in [-0.15, -0.1) is 0 Å². The van der Waals surface area contributed by atoms with Crippen molar-refractivity contribution in [3.63, 3.8) is 0 Å². The summed E-state index contributed by atoms with van der Waals surface area (Å²) in [6.45, 7) is 4.33. The topological polar surface area (TPSA) is 0 Å². The Balaban J connectivity index is 2.09. The molecule has 0 radical (unpaired) electrons. The van der Waals surface area contributed by atoms with E-state index >= 15 is 0 Å². The zero-order valence-electron chi connectivity index (χ0n) is 12.8. The van der Waals surface area contributed by atoms with Crippen LogP contribution in [0.5, 0.6) is 0 Å². The molecule has 3 heteroatoms. The van der Waals surface area contributed by atoms with E-state index in [1.807, 2.05) is 0 Å². The molecule has 0 saturated carbocycles. The number of halogens is 3. The molecule has 0 aliphatic carbocycles. The van der Waals surface area contributed by atoms with Crippen LogP contribution >= 0.6 is 67.8 Å². The van der Waals surface area contributed by atoms with Gasteiger partial charge in [0.15, 0.2) is 0 Å². The summed E-state index contributed by atoms with van der Waals surface area (Å²) in [5.41, 5.74) is 7.88. The van der Waals surface area contributed by atoms with Gasteiger partial charge < -0.3 is 0 Å². The number of hydrogen-bond donors (Lipinski definition) is 0. The van der Waals surface area contributed by atoms with Crippen LogP contribution in [0.3, 0.4) is 0 Å². The second kappa shape index (κ2) is 7.39. The Labute approximate surface area is 178 Å². The molecule has 0 amide bonds. The minimum absolute atomic E-state index is 1.29. The lowest BCUT2D eigenvalue weighted by Gasteiger charge is -2.12. The Kier molecular flexibility index (Phi) is 5.68. The fourth-order valence-corrected chi connectivity index (χ4v) is 4.95. The highest BCUT2D eigenvalue weighted by Gasteiger charge is 2.10. The first-order chi connectivity index (χ1) is 11.0. The molecule has 0 spiro atoms. The maximum absolute atomic E-state index is 2.46. The van der Waals surface area contributed by atoms with Gasteiger partial charge in [-0.1, -0.05) is 36.4 Å². The Hall–Kier alpha value is -0.150. The van der Waals surface area contributed by atoms with Crippen molar-refractivity contribution in [1.29, 1.82) is 0 Å². The maximum Gasteiger partial charge on any atom is 0.0214 e. The highest BCUT2D eigenvalue weighted by molar-refractivity contribution is 14.1.